The Morgan fingerprint density at radius 2 is 1.82 bits per heavy atom. The predicted octanol–water partition coefficient (Wildman–Crippen LogP) is 3.60. The van der Waals surface area contributed by atoms with Gasteiger partial charge in [-0.2, -0.15) is 0 Å². The summed E-state index contributed by atoms with van der Waals surface area (Å²) in [6, 6.07) is 12.3. The molecular formula is C22H17FN6O3S. The lowest BCUT2D eigenvalue weighted by Gasteiger charge is -2.13. The van der Waals surface area contributed by atoms with Gasteiger partial charge < -0.3 is 4.74 Å². The number of nitrogens with one attached hydrogen (secondary N) is 1. The largest absolute Gasteiger partial charge is 0.480 e. The Balaban J connectivity index is 1.61. The number of ether oxygens (including phenoxy) is 1. The zero-order chi connectivity index (χ0) is 23.2. The van der Waals surface area contributed by atoms with Crippen LogP contribution in [0.4, 0.5) is 10.1 Å². The monoisotopic (exact) mass is 464 g/mol. The second-order valence-corrected chi connectivity index (χ2v) is 8.87. The maximum absolute atomic E-state index is 14.1. The SMILES string of the molecule is COc1ncc(-c2ccc3ncc4nnc(C)n4c3c2)cc1NS(=O)(=O)c1ccccc1F. The molecule has 0 bridgehead atoms. The van der Waals surface area contributed by atoms with E-state index in [1.54, 1.807) is 18.5 Å². The molecule has 0 unspecified atom stereocenters. The van der Waals surface area contributed by atoms with Crippen molar-refractivity contribution in [3.63, 3.8) is 0 Å². The number of sulfonamides is 1. The van der Waals surface area contributed by atoms with Gasteiger partial charge >= 0.3 is 0 Å². The highest BCUT2D eigenvalue weighted by atomic mass is 32.2. The van der Waals surface area contributed by atoms with E-state index in [1.807, 2.05) is 29.5 Å². The topological polar surface area (TPSA) is 111 Å². The fourth-order valence-corrected chi connectivity index (χ4v) is 4.72. The summed E-state index contributed by atoms with van der Waals surface area (Å²) < 4.78 is 49.2. The fourth-order valence-electron chi connectivity index (χ4n) is 3.59. The van der Waals surface area contributed by atoms with Crippen molar-refractivity contribution in [1.82, 2.24) is 24.6 Å². The molecule has 1 N–H and O–H groups in total. The molecule has 0 saturated carbocycles. The van der Waals surface area contributed by atoms with E-state index in [4.69, 9.17) is 4.74 Å². The number of fused-ring (bicyclic) bond motifs is 3. The zero-order valence-corrected chi connectivity index (χ0v) is 18.3. The number of aromatic nitrogens is 5. The van der Waals surface area contributed by atoms with E-state index in [-0.39, 0.29) is 11.6 Å². The maximum atomic E-state index is 14.1. The minimum Gasteiger partial charge on any atom is -0.480 e. The van der Waals surface area contributed by atoms with Crippen molar-refractivity contribution >= 4 is 32.4 Å². The highest BCUT2D eigenvalue weighted by Gasteiger charge is 2.21. The molecule has 0 amide bonds. The molecule has 0 aliphatic carbocycles. The minimum absolute atomic E-state index is 0.0539. The van der Waals surface area contributed by atoms with Gasteiger partial charge in [-0.1, -0.05) is 18.2 Å². The Morgan fingerprint density at radius 3 is 2.61 bits per heavy atom. The molecule has 5 aromatic rings. The molecular weight excluding hydrogens is 447 g/mol. The molecule has 0 aliphatic heterocycles. The van der Waals surface area contributed by atoms with Crippen molar-refractivity contribution in [2.45, 2.75) is 11.8 Å². The third-order valence-electron chi connectivity index (χ3n) is 5.13. The van der Waals surface area contributed by atoms with Crippen LogP contribution in [0.3, 0.4) is 0 Å². The summed E-state index contributed by atoms with van der Waals surface area (Å²) in [6.07, 6.45) is 3.21. The third kappa shape index (κ3) is 3.61. The number of halogens is 1. The lowest BCUT2D eigenvalue weighted by Crippen LogP contribution is -2.15. The molecule has 2 aromatic carbocycles. The Morgan fingerprint density at radius 1 is 1.00 bits per heavy atom. The molecule has 11 heteroatoms. The van der Waals surface area contributed by atoms with Gasteiger partial charge in [-0.25, -0.2) is 17.8 Å². The van der Waals surface area contributed by atoms with E-state index in [2.05, 4.69) is 24.9 Å². The fraction of sp³-hybridized carbons (Fsp3) is 0.0909. The average Bonchev–Trinajstić information content (AvgIpc) is 3.20. The lowest BCUT2D eigenvalue weighted by atomic mass is 10.1. The Kier molecular flexibility index (Phi) is 4.90. The minimum atomic E-state index is -4.21. The van der Waals surface area contributed by atoms with Gasteiger partial charge in [-0.05, 0) is 42.8 Å². The molecule has 0 saturated heterocycles. The quantitative estimate of drug-likeness (QED) is 0.423. The van der Waals surface area contributed by atoms with Crippen molar-refractivity contribution in [3.8, 4) is 17.0 Å². The van der Waals surface area contributed by atoms with Crippen LogP contribution in [0.2, 0.25) is 0 Å². The van der Waals surface area contributed by atoms with Crippen molar-refractivity contribution in [1.29, 1.82) is 0 Å². The van der Waals surface area contributed by atoms with Gasteiger partial charge in [0.25, 0.3) is 10.0 Å². The van der Waals surface area contributed by atoms with E-state index in [0.717, 1.165) is 22.7 Å². The first-order valence-electron chi connectivity index (χ1n) is 9.79. The van der Waals surface area contributed by atoms with Gasteiger partial charge in [0, 0.05) is 11.8 Å². The van der Waals surface area contributed by atoms with E-state index >= 15 is 0 Å². The van der Waals surface area contributed by atoms with Gasteiger partial charge in [-0.3, -0.25) is 14.1 Å². The van der Waals surface area contributed by atoms with E-state index < -0.39 is 20.7 Å². The summed E-state index contributed by atoms with van der Waals surface area (Å²) in [5.41, 5.74) is 3.60. The highest BCUT2D eigenvalue weighted by molar-refractivity contribution is 7.92. The smallest absolute Gasteiger partial charge is 0.264 e. The molecule has 166 valence electrons. The Labute approximate surface area is 188 Å². The first-order chi connectivity index (χ1) is 15.9. The van der Waals surface area contributed by atoms with Crippen molar-refractivity contribution < 1.29 is 17.5 Å². The molecule has 0 atom stereocenters. The summed E-state index contributed by atoms with van der Waals surface area (Å²) in [5, 5.41) is 8.20. The van der Waals surface area contributed by atoms with Crippen LogP contribution in [0.1, 0.15) is 5.82 Å². The number of benzene rings is 2. The van der Waals surface area contributed by atoms with Gasteiger partial charge in [0.2, 0.25) is 5.88 Å². The molecule has 33 heavy (non-hydrogen) atoms. The van der Waals surface area contributed by atoms with Crippen LogP contribution in [0.25, 0.3) is 27.8 Å². The summed E-state index contributed by atoms with van der Waals surface area (Å²) in [5.74, 6) is -0.0951. The third-order valence-corrected chi connectivity index (χ3v) is 6.53. The molecule has 0 fully saturated rings. The van der Waals surface area contributed by atoms with Gasteiger partial charge in [0.1, 0.15) is 22.2 Å². The summed E-state index contributed by atoms with van der Waals surface area (Å²) in [7, 11) is -2.84. The molecule has 0 aliphatic rings. The number of pyridine rings is 1. The summed E-state index contributed by atoms with van der Waals surface area (Å²) in [6.45, 7) is 1.84. The van der Waals surface area contributed by atoms with E-state index in [1.165, 1.54) is 25.3 Å². The first-order valence-corrected chi connectivity index (χ1v) is 11.3. The number of aryl methyl sites for hydroxylation is 1. The number of methoxy groups -OCH3 is 1. The predicted molar refractivity (Wildman–Crippen MR) is 120 cm³/mol. The zero-order valence-electron chi connectivity index (χ0n) is 17.5. The molecule has 3 aromatic heterocycles. The average molecular weight is 464 g/mol. The van der Waals surface area contributed by atoms with Gasteiger partial charge in [-0.15, -0.1) is 10.2 Å². The molecule has 9 nitrogen and oxygen atoms in total. The number of hydrogen-bond donors (Lipinski definition) is 1. The maximum Gasteiger partial charge on any atom is 0.264 e. The van der Waals surface area contributed by atoms with Crippen LogP contribution < -0.4 is 9.46 Å². The highest BCUT2D eigenvalue weighted by Crippen LogP contribution is 2.32. The second kappa shape index (κ2) is 7.78. The van der Waals surface area contributed by atoms with E-state index in [0.29, 0.717) is 17.0 Å². The van der Waals surface area contributed by atoms with Crippen LogP contribution in [0.5, 0.6) is 5.88 Å². The van der Waals surface area contributed by atoms with Crippen LogP contribution >= 0.6 is 0 Å². The number of rotatable bonds is 5. The van der Waals surface area contributed by atoms with Gasteiger partial charge in [0.15, 0.2) is 5.65 Å². The number of anilines is 1. The Hall–Kier alpha value is -4.12. The summed E-state index contributed by atoms with van der Waals surface area (Å²) in [4.78, 5) is 8.17. The van der Waals surface area contributed by atoms with Crippen LogP contribution in [0, 0.1) is 12.7 Å². The van der Waals surface area contributed by atoms with Crippen molar-refractivity contribution in [2.75, 3.05) is 11.8 Å². The van der Waals surface area contributed by atoms with Crippen molar-refractivity contribution in [3.05, 3.63) is 72.6 Å². The molecule has 5 rings (SSSR count). The molecule has 3 heterocycles. The summed E-state index contributed by atoms with van der Waals surface area (Å²) >= 11 is 0. The van der Waals surface area contributed by atoms with E-state index in [9.17, 15) is 12.8 Å². The van der Waals surface area contributed by atoms with Crippen molar-refractivity contribution in [2.24, 2.45) is 0 Å². The normalized spacial score (nSPS) is 11.7. The first kappa shape index (κ1) is 20.8. The number of nitrogens with zero attached hydrogens (tertiary/aromatic N) is 5. The molecule has 0 spiro atoms. The standard InChI is InChI=1S/C22H17FN6O3S/c1-13-26-27-21-12-24-17-8-7-14(10-19(17)29(13)21)15-9-18(22(32-2)25-11-15)28-33(30,31)20-6-4-3-5-16(20)23/h3-12,28H,1-2H3. The van der Waals surface area contributed by atoms with Crippen LogP contribution in [-0.4, -0.2) is 40.1 Å². The van der Waals surface area contributed by atoms with Crippen LogP contribution in [0.15, 0.2) is 65.8 Å². The number of hydrogen-bond acceptors (Lipinski definition) is 7. The lowest BCUT2D eigenvalue weighted by molar-refractivity contribution is 0.400. The Bertz CT molecular complexity index is 1630. The molecule has 0 radical (unpaired) electrons. The van der Waals surface area contributed by atoms with Crippen LogP contribution in [-0.2, 0) is 10.0 Å². The second-order valence-electron chi connectivity index (χ2n) is 7.22. The van der Waals surface area contributed by atoms with Gasteiger partial charge in [0.05, 0.1) is 24.3 Å².